The van der Waals surface area contributed by atoms with E-state index >= 15 is 0 Å². The van der Waals surface area contributed by atoms with Gasteiger partial charge in [-0.3, -0.25) is 4.99 Å². The first-order valence-corrected chi connectivity index (χ1v) is 9.74. The van der Waals surface area contributed by atoms with Gasteiger partial charge in [0.15, 0.2) is 5.82 Å². The lowest BCUT2D eigenvalue weighted by Gasteiger charge is -2.20. The number of hydrogen-bond acceptors (Lipinski definition) is 7. The number of anilines is 1. The monoisotopic (exact) mass is 393 g/mol. The van der Waals surface area contributed by atoms with Crippen LogP contribution in [0.25, 0.3) is 10.9 Å². The predicted molar refractivity (Wildman–Crippen MR) is 110 cm³/mol. The van der Waals surface area contributed by atoms with Crippen LogP contribution < -0.4 is 5.32 Å². The van der Waals surface area contributed by atoms with Crippen LogP contribution in [0.2, 0.25) is 0 Å². The Balaban J connectivity index is 1.36. The van der Waals surface area contributed by atoms with Gasteiger partial charge < -0.3 is 25.3 Å². The molecule has 1 aromatic carbocycles. The van der Waals surface area contributed by atoms with Gasteiger partial charge in [0.25, 0.3) is 0 Å². The topological polar surface area (TPSA) is 116 Å². The van der Waals surface area contributed by atoms with E-state index in [1.807, 2.05) is 6.92 Å². The number of aliphatic hydroxyl groups is 2. The highest BCUT2D eigenvalue weighted by molar-refractivity contribution is 5.85. The number of aliphatic imine (C=N–C) groups is 1. The molecule has 0 radical (unpaired) electrons. The zero-order chi connectivity index (χ0) is 20.1. The normalized spacial score (nSPS) is 28.2. The first-order chi connectivity index (χ1) is 14.0. The van der Waals surface area contributed by atoms with Crippen molar-refractivity contribution in [2.75, 3.05) is 5.32 Å². The van der Waals surface area contributed by atoms with Gasteiger partial charge >= 0.3 is 0 Å². The van der Waals surface area contributed by atoms with Gasteiger partial charge in [-0.15, -0.1) is 0 Å². The molecule has 1 saturated heterocycles. The maximum Gasteiger partial charge on any atom is 0.155 e. The summed E-state index contributed by atoms with van der Waals surface area (Å²) in [5.74, 6) is 0.322. The zero-order valence-electron chi connectivity index (χ0n) is 16.2. The molecule has 29 heavy (non-hydrogen) atoms. The third-order valence-electron chi connectivity index (χ3n) is 5.70. The minimum atomic E-state index is -0.977. The molecular weight excluding hydrogens is 370 g/mol. The van der Waals surface area contributed by atoms with E-state index in [4.69, 9.17) is 4.74 Å². The molecule has 5 atom stereocenters. The second kappa shape index (κ2) is 6.91. The summed E-state index contributed by atoms with van der Waals surface area (Å²) in [5, 5.41) is 24.9. The average Bonchev–Trinajstić information content (AvgIpc) is 3.37. The summed E-state index contributed by atoms with van der Waals surface area (Å²) >= 11 is 0. The van der Waals surface area contributed by atoms with E-state index < -0.39 is 24.4 Å². The number of nitrogens with one attached hydrogen (secondary N) is 2. The molecule has 3 aromatic rings. The first kappa shape index (κ1) is 18.2. The van der Waals surface area contributed by atoms with E-state index in [9.17, 15) is 10.2 Å². The molecule has 8 heteroatoms. The summed E-state index contributed by atoms with van der Waals surface area (Å²) in [7, 11) is 0. The molecule has 0 spiro atoms. The Morgan fingerprint density at radius 1 is 1.17 bits per heavy atom. The van der Waals surface area contributed by atoms with E-state index in [-0.39, 0.29) is 5.92 Å². The van der Waals surface area contributed by atoms with Crippen molar-refractivity contribution in [2.45, 2.75) is 50.7 Å². The predicted octanol–water partition coefficient (Wildman–Crippen LogP) is 2.19. The zero-order valence-corrected chi connectivity index (χ0v) is 16.2. The number of aryl methyl sites for hydroxylation is 1. The van der Waals surface area contributed by atoms with Crippen LogP contribution in [0.5, 0.6) is 0 Å². The number of aromatic nitrogens is 3. The maximum absolute atomic E-state index is 10.3. The molecule has 5 rings (SSSR count). The third kappa shape index (κ3) is 3.09. The van der Waals surface area contributed by atoms with Crippen molar-refractivity contribution in [1.82, 2.24) is 15.0 Å². The van der Waals surface area contributed by atoms with Gasteiger partial charge in [0.05, 0.1) is 23.8 Å². The van der Waals surface area contributed by atoms with Gasteiger partial charge in [-0.25, -0.2) is 9.97 Å². The van der Waals surface area contributed by atoms with Crippen molar-refractivity contribution in [3.8, 4) is 0 Å². The van der Waals surface area contributed by atoms with Crippen LogP contribution in [0.15, 0.2) is 35.6 Å². The van der Waals surface area contributed by atoms with Gasteiger partial charge in [-0.1, -0.05) is 6.07 Å². The van der Waals surface area contributed by atoms with Gasteiger partial charge in [0, 0.05) is 24.0 Å². The summed E-state index contributed by atoms with van der Waals surface area (Å²) in [4.78, 5) is 16.5. The van der Waals surface area contributed by atoms with Gasteiger partial charge in [0.2, 0.25) is 0 Å². The molecule has 1 unspecified atom stereocenters. The SMILES string of the molecule is Cc1cc2cc(CNc3ncnc4c3N=CC4[C@@H]3O[C@H](C)[C@@H](O)[C@H]3O)ccc2[nH]1. The molecule has 150 valence electrons. The van der Waals surface area contributed by atoms with Crippen molar-refractivity contribution < 1.29 is 14.9 Å². The maximum atomic E-state index is 10.3. The lowest BCUT2D eigenvalue weighted by atomic mass is 9.95. The van der Waals surface area contributed by atoms with Crippen molar-refractivity contribution in [3.63, 3.8) is 0 Å². The largest absolute Gasteiger partial charge is 0.388 e. The number of H-pyrrole nitrogens is 1. The molecule has 4 N–H and O–H groups in total. The van der Waals surface area contributed by atoms with Crippen LogP contribution in [0, 0.1) is 6.92 Å². The molecular formula is C21H23N5O3. The molecule has 0 bridgehead atoms. The Morgan fingerprint density at radius 2 is 2.03 bits per heavy atom. The highest BCUT2D eigenvalue weighted by Gasteiger charge is 2.46. The summed E-state index contributed by atoms with van der Waals surface area (Å²) in [6.45, 7) is 4.39. The van der Waals surface area contributed by atoms with Crippen molar-refractivity contribution in [1.29, 1.82) is 0 Å². The van der Waals surface area contributed by atoms with Gasteiger partial charge in [0.1, 0.15) is 24.2 Å². The van der Waals surface area contributed by atoms with Crippen LogP contribution in [-0.4, -0.2) is 55.8 Å². The van der Waals surface area contributed by atoms with E-state index in [1.54, 1.807) is 13.1 Å². The second-order valence-corrected chi connectivity index (χ2v) is 7.77. The number of hydrogen-bond donors (Lipinski definition) is 4. The van der Waals surface area contributed by atoms with Crippen molar-refractivity contribution in [2.24, 2.45) is 4.99 Å². The Labute approximate surface area is 167 Å². The smallest absolute Gasteiger partial charge is 0.155 e. The summed E-state index contributed by atoms with van der Waals surface area (Å²) in [6, 6.07) is 8.41. The molecule has 0 amide bonds. The van der Waals surface area contributed by atoms with Crippen LogP contribution in [-0.2, 0) is 11.3 Å². The lowest BCUT2D eigenvalue weighted by molar-refractivity contribution is 0.0119. The highest BCUT2D eigenvalue weighted by Crippen LogP contribution is 2.41. The molecule has 2 aliphatic heterocycles. The van der Waals surface area contributed by atoms with Gasteiger partial charge in [-0.05, 0) is 43.0 Å². The van der Waals surface area contributed by atoms with Gasteiger partial charge in [-0.2, -0.15) is 0 Å². The number of aromatic amines is 1. The molecule has 2 aliphatic rings. The highest BCUT2D eigenvalue weighted by atomic mass is 16.5. The summed E-state index contributed by atoms with van der Waals surface area (Å²) in [5.41, 5.74) is 4.74. The van der Waals surface area contributed by atoms with Crippen molar-refractivity contribution >= 4 is 28.6 Å². The number of rotatable bonds is 4. The molecule has 4 heterocycles. The Morgan fingerprint density at radius 3 is 2.83 bits per heavy atom. The third-order valence-corrected chi connectivity index (χ3v) is 5.70. The molecule has 1 fully saturated rings. The van der Waals surface area contributed by atoms with Crippen LogP contribution in [0.4, 0.5) is 11.5 Å². The van der Waals surface area contributed by atoms with Crippen molar-refractivity contribution in [3.05, 3.63) is 47.5 Å². The molecule has 0 aliphatic carbocycles. The minimum Gasteiger partial charge on any atom is -0.388 e. The fourth-order valence-corrected chi connectivity index (χ4v) is 4.16. The number of aliphatic hydroxyl groups excluding tert-OH is 2. The number of nitrogens with zero attached hydrogens (tertiary/aromatic N) is 3. The Bertz CT molecular complexity index is 1100. The lowest BCUT2D eigenvalue weighted by Crippen LogP contribution is -2.35. The molecule has 0 saturated carbocycles. The number of fused-ring (bicyclic) bond motifs is 2. The number of ether oxygens (including phenoxy) is 1. The van der Waals surface area contributed by atoms with Crippen LogP contribution >= 0.6 is 0 Å². The fourth-order valence-electron chi connectivity index (χ4n) is 4.16. The first-order valence-electron chi connectivity index (χ1n) is 9.74. The van der Waals surface area contributed by atoms with E-state index in [2.05, 4.69) is 49.5 Å². The second-order valence-electron chi connectivity index (χ2n) is 7.77. The molecule has 2 aromatic heterocycles. The van der Waals surface area contributed by atoms with Crippen LogP contribution in [0.1, 0.15) is 29.8 Å². The minimum absolute atomic E-state index is 0.317. The average molecular weight is 393 g/mol. The fraction of sp³-hybridized carbons (Fsp3) is 0.381. The number of benzene rings is 1. The van der Waals surface area contributed by atoms with Crippen LogP contribution in [0.3, 0.4) is 0 Å². The summed E-state index contributed by atoms with van der Waals surface area (Å²) in [6.07, 6.45) is 0.311. The summed E-state index contributed by atoms with van der Waals surface area (Å²) < 4.78 is 5.76. The van der Waals surface area contributed by atoms with E-state index in [1.165, 1.54) is 11.7 Å². The molecule has 8 nitrogen and oxygen atoms in total. The Hall–Kier alpha value is -2.81. The van der Waals surface area contributed by atoms with E-state index in [0.717, 1.165) is 16.8 Å². The van der Waals surface area contributed by atoms with E-state index in [0.29, 0.717) is 23.7 Å². The quantitative estimate of drug-likeness (QED) is 0.540. The standard InChI is InChI=1S/C21H23N5O3/c1-10-5-13-6-12(3-4-15(13)26-10)7-23-21-17-16(24-9-25-21)14(8-22-17)20-19(28)18(27)11(2)29-20/h3-6,8-9,11,14,18-20,26-28H,7H2,1-2H3,(H,23,24,25)/t11-,14?,18-,19-,20+/m1/s1. The Kier molecular flexibility index (Phi) is 4.34.